The summed E-state index contributed by atoms with van der Waals surface area (Å²) in [4.78, 5) is 12.1. The number of hydrogen-bond donors (Lipinski definition) is 1. The number of amides is 1. The van der Waals surface area contributed by atoms with Crippen LogP contribution in [0, 0.1) is 0 Å². The van der Waals surface area contributed by atoms with Gasteiger partial charge < -0.3 is 5.32 Å². The molecule has 9 heteroatoms. The lowest BCUT2D eigenvalue weighted by atomic mass is 10.3. The first-order valence-electron chi connectivity index (χ1n) is 6.34. The van der Waals surface area contributed by atoms with E-state index in [4.69, 9.17) is 34.8 Å². The van der Waals surface area contributed by atoms with Crippen LogP contribution in [0.15, 0.2) is 42.6 Å². The maximum Gasteiger partial charge on any atom is 0.277 e. The standard InChI is InChI=1S/C14H8Cl3N5O/c15-9-2-1-8(7-10(9)16)22-6-5-11(21-22)14(23)18-13-4-3-12(17)19-20-13/h1-7H,(H,18,20,23). The van der Waals surface area contributed by atoms with Gasteiger partial charge in [-0.25, -0.2) is 4.68 Å². The summed E-state index contributed by atoms with van der Waals surface area (Å²) in [6.07, 6.45) is 1.64. The minimum atomic E-state index is -0.416. The summed E-state index contributed by atoms with van der Waals surface area (Å²) in [5.41, 5.74) is 0.901. The van der Waals surface area contributed by atoms with E-state index in [9.17, 15) is 4.79 Å². The molecule has 1 amide bonds. The molecule has 6 nitrogen and oxygen atoms in total. The highest BCUT2D eigenvalue weighted by Crippen LogP contribution is 2.24. The van der Waals surface area contributed by atoms with Crippen LogP contribution in [0.2, 0.25) is 15.2 Å². The number of aromatic nitrogens is 4. The largest absolute Gasteiger partial charge is 0.304 e. The lowest BCUT2D eigenvalue weighted by Gasteiger charge is -2.03. The van der Waals surface area contributed by atoms with Crippen LogP contribution < -0.4 is 5.32 Å². The van der Waals surface area contributed by atoms with E-state index >= 15 is 0 Å². The van der Waals surface area contributed by atoms with E-state index in [0.29, 0.717) is 15.7 Å². The van der Waals surface area contributed by atoms with Gasteiger partial charge in [-0.1, -0.05) is 34.8 Å². The van der Waals surface area contributed by atoms with Crippen molar-refractivity contribution in [2.24, 2.45) is 0 Å². The molecule has 3 aromatic rings. The van der Waals surface area contributed by atoms with Gasteiger partial charge in [0, 0.05) is 6.20 Å². The Morgan fingerprint density at radius 2 is 1.83 bits per heavy atom. The zero-order chi connectivity index (χ0) is 16.4. The third kappa shape index (κ3) is 3.61. The Morgan fingerprint density at radius 3 is 2.52 bits per heavy atom. The summed E-state index contributed by atoms with van der Waals surface area (Å²) < 4.78 is 1.52. The Kier molecular flexibility index (Phi) is 4.47. The van der Waals surface area contributed by atoms with E-state index in [1.54, 1.807) is 36.5 Å². The third-order valence-electron chi connectivity index (χ3n) is 2.86. The van der Waals surface area contributed by atoms with Gasteiger partial charge in [0.25, 0.3) is 5.91 Å². The first kappa shape index (κ1) is 15.7. The SMILES string of the molecule is O=C(Nc1ccc(Cl)nn1)c1ccn(-c2ccc(Cl)c(Cl)c2)n1. The normalized spacial score (nSPS) is 10.6. The summed E-state index contributed by atoms with van der Waals surface area (Å²) in [5.74, 6) is -0.135. The molecule has 0 aliphatic rings. The van der Waals surface area contributed by atoms with Crippen LogP contribution in [0.25, 0.3) is 5.69 Å². The molecule has 0 bridgehead atoms. The Morgan fingerprint density at radius 1 is 1.00 bits per heavy atom. The Balaban J connectivity index is 1.79. The van der Waals surface area contributed by atoms with E-state index in [-0.39, 0.29) is 16.7 Å². The third-order valence-corrected chi connectivity index (χ3v) is 3.80. The molecule has 0 radical (unpaired) electrons. The first-order chi connectivity index (χ1) is 11.0. The highest BCUT2D eigenvalue weighted by atomic mass is 35.5. The van der Waals surface area contributed by atoms with Crippen LogP contribution in [0.5, 0.6) is 0 Å². The molecule has 1 aromatic carbocycles. The Bertz CT molecular complexity index is 863. The van der Waals surface area contributed by atoms with Gasteiger partial charge >= 0.3 is 0 Å². The number of carbonyl (C=O) groups is 1. The number of nitrogens with zero attached hydrogens (tertiary/aromatic N) is 4. The minimum Gasteiger partial charge on any atom is -0.304 e. The van der Waals surface area contributed by atoms with Crippen LogP contribution in [0.1, 0.15) is 10.5 Å². The molecule has 23 heavy (non-hydrogen) atoms. The molecule has 0 fully saturated rings. The number of nitrogens with one attached hydrogen (secondary N) is 1. The van der Waals surface area contributed by atoms with Crippen molar-refractivity contribution in [3.8, 4) is 5.69 Å². The predicted molar refractivity (Wildman–Crippen MR) is 88.6 cm³/mol. The molecule has 1 N–H and O–H groups in total. The number of benzene rings is 1. The molecule has 116 valence electrons. The molecular formula is C14H8Cl3N5O. The fourth-order valence-corrected chi connectivity index (χ4v) is 2.17. The van der Waals surface area contributed by atoms with Crippen LogP contribution in [0.3, 0.4) is 0 Å². The second kappa shape index (κ2) is 6.54. The van der Waals surface area contributed by atoms with E-state index in [1.807, 2.05) is 0 Å². The second-order valence-corrected chi connectivity index (χ2v) is 5.64. The average Bonchev–Trinajstić information content (AvgIpc) is 3.02. The summed E-state index contributed by atoms with van der Waals surface area (Å²) in [6, 6.07) is 9.70. The van der Waals surface area contributed by atoms with Crippen LogP contribution in [-0.2, 0) is 0 Å². The zero-order valence-electron chi connectivity index (χ0n) is 11.4. The Hall–Kier alpha value is -2.15. The van der Waals surface area contributed by atoms with Crippen molar-refractivity contribution in [3.05, 3.63) is 63.5 Å². The number of halogens is 3. The average molecular weight is 369 g/mol. The number of hydrogen-bond acceptors (Lipinski definition) is 4. The maximum atomic E-state index is 12.1. The number of anilines is 1. The molecule has 0 aliphatic heterocycles. The fourth-order valence-electron chi connectivity index (χ4n) is 1.78. The van der Waals surface area contributed by atoms with Crippen LogP contribution in [0.4, 0.5) is 5.82 Å². The van der Waals surface area contributed by atoms with Crippen LogP contribution in [-0.4, -0.2) is 25.9 Å². The van der Waals surface area contributed by atoms with Crippen molar-refractivity contribution in [1.29, 1.82) is 0 Å². The first-order valence-corrected chi connectivity index (χ1v) is 7.48. The number of carbonyl (C=O) groups excluding carboxylic acids is 1. The summed E-state index contributed by atoms with van der Waals surface area (Å²) in [5, 5.41) is 15.3. The zero-order valence-corrected chi connectivity index (χ0v) is 13.6. The highest BCUT2D eigenvalue weighted by molar-refractivity contribution is 6.42. The Labute approximate surface area is 146 Å². The molecule has 2 heterocycles. The minimum absolute atomic E-state index is 0.216. The van der Waals surface area contributed by atoms with Crippen molar-refractivity contribution >= 4 is 46.5 Å². The van der Waals surface area contributed by atoms with Gasteiger partial charge in [0.15, 0.2) is 16.7 Å². The predicted octanol–water partition coefficient (Wildman–Crippen LogP) is 3.87. The van der Waals surface area contributed by atoms with Gasteiger partial charge in [-0.2, -0.15) is 5.10 Å². The fraction of sp³-hybridized carbons (Fsp3) is 0. The van der Waals surface area contributed by atoms with Gasteiger partial charge in [0.2, 0.25) is 0 Å². The molecule has 0 saturated heterocycles. The molecule has 3 rings (SSSR count). The van der Waals surface area contributed by atoms with Gasteiger partial charge in [-0.05, 0) is 36.4 Å². The number of rotatable bonds is 3. The monoisotopic (exact) mass is 367 g/mol. The lowest BCUT2D eigenvalue weighted by molar-refractivity contribution is 0.102. The van der Waals surface area contributed by atoms with Crippen molar-refractivity contribution in [1.82, 2.24) is 20.0 Å². The van der Waals surface area contributed by atoms with Gasteiger partial charge in [-0.15, -0.1) is 10.2 Å². The molecule has 0 unspecified atom stereocenters. The summed E-state index contributed by atoms with van der Waals surface area (Å²) in [7, 11) is 0. The molecule has 0 aliphatic carbocycles. The topological polar surface area (TPSA) is 72.7 Å². The molecule has 0 spiro atoms. The van der Waals surface area contributed by atoms with E-state index in [2.05, 4.69) is 20.6 Å². The van der Waals surface area contributed by atoms with Gasteiger partial charge in [-0.3, -0.25) is 4.79 Å². The van der Waals surface area contributed by atoms with Crippen molar-refractivity contribution in [2.45, 2.75) is 0 Å². The molecule has 2 aromatic heterocycles. The van der Waals surface area contributed by atoms with E-state index in [1.165, 1.54) is 10.7 Å². The quantitative estimate of drug-likeness (QED) is 0.761. The smallest absolute Gasteiger partial charge is 0.277 e. The lowest BCUT2D eigenvalue weighted by Crippen LogP contribution is -2.14. The van der Waals surface area contributed by atoms with Gasteiger partial charge in [0.05, 0.1) is 15.7 Å². The van der Waals surface area contributed by atoms with E-state index < -0.39 is 5.91 Å². The summed E-state index contributed by atoms with van der Waals surface area (Å²) >= 11 is 17.5. The maximum absolute atomic E-state index is 12.1. The highest BCUT2D eigenvalue weighted by Gasteiger charge is 2.12. The van der Waals surface area contributed by atoms with Crippen LogP contribution >= 0.6 is 34.8 Å². The van der Waals surface area contributed by atoms with Crippen molar-refractivity contribution in [3.63, 3.8) is 0 Å². The van der Waals surface area contributed by atoms with Crippen molar-refractivity contribution in [2.75, 3.05) is 5.32 Å². The molecule has 0 saturated carbocycles. The molecule has 0 atom stereocenters. The van der Waals surface area contributed by atoms with Crippen molar-refractivity contribution < 1.29 is 4.79 Å². The molecular weight excluding hydrogens is 361 g/mol. The second-order valence-electron chi connectivity index (χ2n) is 4.44. The summed E-state index contributed by atoms with van der Waals surface area (Å²) in [6.45, 7) is 0. The van der Waals surface area contributed by atoms with Gasteiger partial charge in [0.1, 0.15) is 0 Å². The van der Waals surface area contributed by atoms with E-state index in [0.717, 1.165) is 0 Å².